The highest BCUT2D eigenvalue weighted by molar-refractivity contribution is 6.30. The minimum absolute atomic E-state index is 0.282. The van der Waals surface area contributed by atoms with E-state index in [0.29, 0.717) is 35.4 Å². The van der Waals surface area contributed by atoms with Crippen LogP contribution in [0.2, 0.25) is 5.02 Å². The van der Waals surface area contributed by atoms with Gasteiger partial charge in [0.2, 0.25) is 0 Å². The monoisotopic (exact) mass is 377 g/mol. The molecule has 6 nitrogen and oxygen atoms in total. The molecule has 2 aromatic rings. The Balaban J connectivity index is 1.94. The SMILES string of the molecule is CCOc1ccc(NC(=O)COC(=O)c2cccc(Cl)c2)cc1OCC. The Hall–Kier alpha value is -2.73. The summed E-state index contributed by atoms with van der Waals surface area (Å²) in [6.45, 7) is 4.29. The number of hydrogen-bond acceptors (Lipinski definition) is 5. The van der Waals surface area contributed by atoms with E-state index >= 15 is 0 Å². The van der Waals surface area contributed by atoms with Gasteiger partial charge in [0.1, 0.15) is 0 Å². The van der Waals surface area contributed by atoms with E-state index in [4.69, 9.17) is 25.8 Å². The number of ether oxygens (including phenoxy) is 3. The summed E-state index contributed by atoms with van der Waals surface area (Å²) in [5.41, 5.74) is 0.797. The quantitative estimate of drug-likeness (QED) is 0.705. The van der Waals surface area contributed by atoms with Crippen LogP contribution in [0.25, 0.3) is 0 Å². The van der Waals surface area contributed by atoms with Crippen molar-refractivity contribution in [3.63, 3.8) is 0 Å². The molecule has 0 radical (unpaired) electrons. The molecule has 0 fully saturated rings. The first-order chi connectivity index (χ1) is 12.5. The molecule has 0 aromatic heterocycles. The highest BCUT2D eigenvalue weighted by atomic mass is 35.5. The van der Waals surface area contributed by atoms with Gasteiger partial charge >= 0.3 is 5.97 Å². The van der Waals surface area contributed by atoms with Gasteiger partial charge in [-0.3, -0.25) is 4.79 Å². The van der Waals surface area contributed by atoms with Crippen molar-refractivity contribution < 1.29 is 23.8 Å². The van der Waals surface area contributed by atoms with Gasteiger partial charge in [0.15, 0.2) is 18.1 Å². The van der Waals surface area contributed by atoms with Gasteiger partial charge in [-0.1, -0.05) is 17.7 Å². The number of carbonyl (C=O) groups is 2. The van der Waals surface area contributed by atoms with Gasteiger partial charge in [-0.2, -0.15) is 0 Å². The van der Waals surface area contributed by atoms with Gasteiger partial charge in [-0.15, -0.1) is 0 Å². The molecule has 1 amide bonds. The number of carbonyl (C=O) groups excluding carboxylic acids is 2. The molecule has 0 unspecified atom stereocenters. The smallest absolute Gasteiger partial charge is 0.338 e. The molecule has 7 heteroatoms. The van der Waals surface area contributed by atoms with Gasteiger partial charge in [-0.25, -0.2) is 4.79 Å². The topological polar surface area (TPSA) is 73.9 Å². The van der Waals surface area contributed by atoms with Gasteiger partial charge in [-0.05, 0) is 44.2 Å². The zero-order valence-corrected chi connectivity index (χ0v) is 15.3. The van der Waals surface area contributed by atoms with Crippen LogP contribution in [-0.4, -0.2) is 31.7 Å². The van der Waals surface area contributed by atoms with E-state index in [1.165, 1.54) is 6.07 Å². The van der Waals surface area contributed by atoms with Crippen molar-refractivity contribution >= 4 is 29.2 Å². The van der Waals surface area contributed by atoms with E-state index < -0.39 is 18.5 Å². The van der Waals surface area contributed by atoms with Gasteiger partial charge in [0, 0.05) is 16.8 Å². The van der Waals surface area contributed by atoms with Gasteiger partial charge in [0.25, 0.3) is 5.91 Å². The predicted octanol–water partition coefficient (Wildman–Crippen LogP) is 3.93. The maximum absolute atomic E-state index is 12.0. The lowest BCUT2D eigenvalue weighted by Crippen LogP contribution is -2.21. The van der Waals surface area contributed by atoms with Gasteiger partial charge in [0.05, 0.1) is 18.8 Å². The predicted molar refractivity (Wildman–Crippen MR) is 99.1 cm³/mol. The fraction of sp³-hybridized carbons (Fsp3) is 0.263. The third-order valence-corrected chi connectivity index (χ3v) is 3.46. The third kappa shape index (κ3) is 5.67. The fourth-order valence-electron chi connectivity index (χ4n) is 2.16. The fourth-order valence-corrected chi connectivity index (χ4v) is 2.35. The van der Waals surface area contributed by atoms with Crippen molar-refractivity contribution in [1.82, 2.24) is 0 Å². The lowest BCUT2D eigenvalue weighted by Gasteiger charge is -2.13. The summed E-state index contributed by atoms with van der Waals surface area (Å²) in [6, 6.07) is 11.4. The molecular weight excluding hydrogens is 358 g/mol. The number of nitrogens with one attached hydrogen (secondary N) is 1. The average Bonchev–Trinajstić information content (AvgIpc) is 2.62. The van der Waals surface area contributed by atoms with Crippen molar-refractivity contribution in [2.45, 2.75) is 13.8 Å². The molecule has 0 aliphatic heterocycles. The largest absolute Gasteiger partial charge is 0.490 e. The number of anilines is 1. The Morgan fingerprint density at radius 2 is 1.73 bits per heavy atom. The lowest BCUT2D eigenvalue weighted by atomic mass is 10.2. The van der Waals surface area contributed by atoms with Crippen LogP contribution in [0.4, 0.5) is 5.69 Å². The molecule has 0 heterocycles. The molecular formula is C19H20ClNO5. The minimum atomic E-state index is -0.621. The van der Waals surface area contributed by atoms with Crippen molar-refractivity contribution in [2.75, 3.05) is 25.1 Å². The van der Waals surface area contributed by atoms with E-state index in [1.54, 1.807) is 36.4 Å². The highest BCUT2D eigenvalue weighted by Crippen LogP contribution is 2.30. The molecule has 0 bridgehead atoms. The normalized spacial score (nSPS) is 10.1. The molecule has 0 atom stereocenters. The van der Waals surface area contributed by atoms with Crippen LogP contribution in [-0.2, 0) is 9.53 Å². The summed E-state index contributed by atoms with van der Waals surface area (Å²) in [5, 5.41) is 3.07. The molecule has 26 heavy (non-hydrogen) atoms. The summed E-state index contributed by atoms with van der Waals surface area (Å²) in [4.78, 5) is 23.9. The van der Waals surface area contributed by atoms with Crippen LogP contribution in [0.3, 0.4) is 0 Å². The van der Waals surface area contributed by atoms with Crippen molar-refractivity contribution in [2.24, 2.45) is 0 Å². The Bertz CT molecular complexity index is 778. The average molecular weight is 378 g/mol. The number of hydrogen-bond donors (Lipinski definition) is 1. The Morgan fingerprint density at radius 1 is 1.00 bits per heavy atom. The second kappa shape index (κ2) is 9.68. The zero-order chi connectivity index (χ0) is 18.9. The molecule has 0 spiro atoms. The number of benzene rings is 2. The summed E-state index contributed by atoms with van der Waals surface area (Å²) in [6.07, 6.45) is 0. The molecule has 0 aliphatic rings. The van der Waals surface area contributed by atoms with E-state index in [0.717, 1.165) is 0 Å². The molecule has 0 aliphatic carbocycles. The summed E-state index contributed by atoms with van der Waals surface area (Å²) in [7, 11) is 0. The van der Waals surface area contributed by atoms with Crippen LogP contribution in [0.5, 0.6) is 11.5 Å². The first-order valence-corrected chi connectivity index (χ1v) is 8.53. The van der Waals surface area contributed by atoms with Crippen LogP contribution in [0.15, 0.2) is 42.5 Å². The Kier molecular flexibility index (Phi) is 7.29. The van der Waals surface area contributed by atoms with E-state index in [9.17, 15) is 9.59 Å². The van der Waals surface area contributed by atoms with Crippen LogP contribution < -0.4 is 14.8 Å². The maximum Gasteiger partial charge on any atom is 0.338 e. The molecule has 2 aromatic carbocycles. The van der Waals surface area contributed by atoms with E-state index in [-0.39, 0.29) is 5.56 Å². The van der Waals surface area contributed by atoms with Crippen molar-refractivity contribution in [3.8, 4) is 11.5 Å². The van der Waals surface area contributed by atoms with Gasteiger partial charge < -0.3 is 19.5 Å². The third-order valence-electron chi connectivity index (χ3n) is 3.22. The Labute approximate surface area is 157 Å². The number of esters is 1. The number of rotatable bonds is 8. The zero-order valence-electron chi connectivity index (χ0n) is 14.6. The highest BCUT2D eigenvalue weighted by Gasteiger charge is 2.12. The summed E-state index contributed by atoms with van der Waals surface area (Å²) in [5.74, 6) is 0.0409. The summed E-state index contributed by atoms with van der Waals surface area (Å²) < 4.78 is 16.0. The standard InChI is InChI=1S/C19H20ClNO5/c1-3-24-16-9-8-15(11-17(16)25-4-2)21-18(22)12-26-19(23)13-6-5-7-14(20)10-13/h5-11H,3-4,12H2,1-2H3,(H,21,22). The number of halogens is 1. The first-order valence-electron chi connectivity index (χ1n) is 8.15. The molecule has 1 N–H and O–H groups in total. The first kappa shape index (κ1) is 19.6. The van der Waals surface area contributed by atoms with Crippen LogP contribution in [0.1, 0.15) is 24.2 Å². The second-order valence-corrected chi connectivity index (χ2v) is 5.60. The van der Waals surface area contributed by atoms with Crippen molar-refractivity contribution in [3.05, 3.63) is 53.1 Å². The van der Waals surface area contributed by atoms with E-state index in [1.807, 2.05) is 13.8 Å². The maximum atomic E-state index is 12.0. The number of amides is 1. The van der Waals surface area contributed by atoms with Crippen LogP contribution >= 0.6 is 11.6 Å². The Morgan fingerprint density at radius 3 is 2.42 bits per heavy atom. The molecule has 0 saturated heterocycles. The minimum Gasteiger partial charge on any atom is -0.490 e. The second-order valence-electron chi connectivity index (χ2n) is 5.16. The molecule has 2 rings (SSSR count). The van der Waals surface area contributed by atoms with Crippen molar-refractivity contribution in [1.29, 1.82) is 0 Å². The van der Waals surface area contributed by atoms with Crippen LogP contribution in [0, 0.1) is 0 Å². The molecule has 0 saturated carbocycles. The molecule has 138 valence electrons. The summed E-state index contributed by atoms with van der Waals surface area (Å²) >= 11 is 5.83. The van der Waals surface area contributed by atoms with E-state index in [2.05, 4.69) is 5.32 Å². The lowest BCUT2D eigenvalue weighted by molar-refractivity contribution is -0.119.